The van der Waals surface area contributed by atoms with Crippen molar-refractivity contribution in [3.63, 3.8) is 0 Å². The number of aliphatic hydroxyl groups is 1. The summed E-state index contributed by atoms with van der Waals surface area (Å²) in [5.41, 5.74) is 1.13. The highest BCUT2D eigenvalue weighted by Gasteiger charge is 2.22. The maximum atomic E-state index is 9.64. The van der Waals surface area contributed by atoms with Crippen LogP contribution in [0.2, 0.25) is 0 Å². The van der Waals surface area contributed by atoms with Crippen LogP contribution in [0.5, 0.6) is 0 Å². The normalized spacial score (nSPS) is 19.6. The molecule has 1 aliphatic rings. The quantitative estimate of drug-likeness (QED) is 0.643. The van der Waals surface area contributed by atoms with Crippen LogP contribution in [0.4, 0.5) is 0 Å². The van der Waals surface area contributed by atoms with E-state index in [9.17, 15) is 5.11 Å². The third kappa shape index (κ3) is 4.68. The fourth-order valence-electron chi connectivity index (χ4n) is 2.34. The number of guanidine groups is 1. The van der Waals surface area contributed by atoms with E-state index in [4.69, 9.17) is 0 Å². The molecule has 0 amide bonds. The van der Waals surface area contributed by atoms with Crippen molar-refractivity contribution in [2.45, 2.75) is 45.6 Å². The molecule has 21 heavy (non-hydrogen) atoms. The number of hydrogen-bond donors (Lipinski definition) is 2. The van der Waals surface area contributed by atoms with E-state index in [-0.39, 0.29) is 6.10 Å². The molecule has 5 nitrogen and oxygen atoms in total. The summed E-state index contributed by atoms with van der Waals surface area (Å²) in [4.78, 5) is 11.4. The lowest BCUT2D eigenvalue weighted by Gasteiger charge is -2.20. The third-order valence-electron chi connectivity index (χ3n) is 3.49. The molecule has 0 spiro atoms. The van der Waals surface area contributed by atoms with Gasteiger partial charge >= 0.3 is 0 Å². The minimum atomic E-state index is -0.221. The molecule has 1 atom stereocenters. The molecule has 0 bridgehead atoms. The first-order chi connectivity index (χ1) is 10.1. The van der Waals surface area contributed by atoms with Gasteiger partial charge in [-0.25, -0.2) is 4.98 Å². The van der Waals surface area contributed by atoms with E-state index in [1.807, 2.05) is 0 Å². The number of aliphatic imine (C=N–C) groups is 1. The van der Waals surface area contributed by atoms with Crippen molar-refractivity contribution < 1.29 is 5.11 Å². The maximum Gasteiger partial charge on any atom is 0.194 e. The molecule has 1 fully saturated rings. The fraction of sp³-hybridized carbons (Fsp3) is 0.733. The molecule has 6 heteroatoms. The number of aliphatic hydroxyl groups excluding tert-OH is 1. The maximum absolute atomic E-state index is 9.64. The second-order valence-corrected chi connectivity index (χ2v) is 6.60. The Hall–Kier alpha value is -1.14. The zero-order valence-corrected chi connectivity index (χ0v) is 14.0. The first-order valence-corrected chi connectivity index (χ1v) is 8.63. The first kappa shape index (κ1) is 16.2. The van der Waals surface area contributed by atoms with Gasteiger partial charge in [0.25, 0.3) is 0 Å². The summed E-state index contributed by atoms with van der Waals surface area (Å²) in [7, 11) is 0. The zero-order valence-electron chi connectivity index (χ0n) is 13.2. The van der Waals surface area contributed by atoms with Gasteiger partial charge in [-0.2, -0.15) is 0 Å². The van der Waals surface area contributed by atoms with Crippen LogP contribution in [0.3, 0.4) is 0 Å². The largest absolute Gasteiger partial charge is 0.391 e. The Kier molecular flexibility index (Phi) is 5.99. The second-order valence-electron chi connectivity index (χ2n) is 5.71. The number of nitrogens with one attached hydrogen (secondary N) is 1. The van der Waals surface area contributed by atoms with Gasteiger partial charge < -0.3 is 15.3 Å². The summed E-state index contributed by atoms with van der Waals surface area (Å²) in [5, 5.41) is 16.3. The molecule has 1 saturated heterocycles. The van der Waals surface area contributed by atoms with Crippen LogP contribution < -0.4 is 5.32 Å². The molecule has 0 aliphatic carbocycles. The van der Waals surface area contributed by atoms with Gasteiger partial charge in [-0.1, -0.05) is 13.8 Å². The Morgan fingerprint density at radius 1 is 1.62 bits per heavy atom. The number of rotatable bonds is 5. The van der Waals surface area contributed by atoms with Crippen molar-refractivity contribution in [2.24, 2.45) is 4.99 Å². The van der Waals surface area contributed by atoms with E-state index in [1.165, 1.54) is 5.01 Å². The van der Waals surface area contributed by atoms with Gasteiger partial charge in [0.1, 0.15) is 0 Å². The van der Waals surface area contributed by atoms with Crippen LogP contribution in [0.25, 0.3) is 0 Å². The molecule has 1 aromatic heterocycles. The van der Waals surface area contributed by atoms with E-state index in [0.29, 0.717) is 12.5 Å². The van der Waals surface area contributed by atoms with Gasteiger partial charge in [0.2, 0.25) is 0 Å². The summed E-state index contributed by atoms with van der Waals surface area (Å²) in [6, 6.07) is 0. The number of aromatic nitrogens is 1. The van der Waals surface area contributed by atoms with E-state index >= 15 is 0 Å². The van der Waals surface area contributed by atoms with Crippen molar-refractivity contribution in [3.8, 4) is 0 Å². The molecule has 2 rings (SSSR count). The SMILES string of the molecule is CCNC(=NCCc1csc(C(C)C)n1)N1CC[C@@H](O)C1. The number of nitrogens with zero attached hydrogens (tertiary/aromatic N) is 3. The number of β-amino-alcohol motifs (C(OH)–C–C–N with tert-alkyl or cyclic N) is 1. The van der Waals surface area contributed by atoms with Crippen LogP contribution in [-0.2, 0) is 6.42 Å². The van der Waals surface area contributed by atoms with Gasteiger partial charge in [-0.3, -0.25) is 4.99 Å². The van der Waals surface area contributed by atoms with Crippen LogP contribution in [-0.4, -0.2) is 53.2 Å². The Morgan fingerprint density at radius 3 is 3.00 bits per heavy atom. The molecule has 0 aromatic carbocycles. The van der Waals surface area contributed by atoms with Crippen molar-refractivity contribution in [1.29, 1.82) is 0 Å². The molecule has 118 valence electrons. The lowest BCUT2D eigenvalue weighted by molar-refractivity contribution is 0.188. The van der Waals surface area contributed by atoms with Crippen molar-refractivity contribution in [2.75, 3.05) is 26.2 Å². The van der Waals surface area contributed by atoms with Crippen LogP contribution in [0.15, 0.2) is 10.4 Å². The van der Waals surface area contributed by atoms with Crippen LogP contribution >= 0.6 is 11.3 Å². The number of hydrogen-bond acceptors (Lipinski definition) is 4. The minimum absolute atomic E-state index is 0.221. The molecular weight excluding hydrogens is 284 g/mol. The van der Waals surface area contributed by atoms with Gasteiger partial charge in [-0.15, -0.1) is 11.3 Å². The van der Waals surface area contributed by atoms with Crippen molar-refractivity contribution in [1.82, 2.24) is 15.2 Å². The van der Waals surface area contributed by atoms with Crippen molar-refractivity contribution in [3.05, 3.63) is 16.1 Å². The van der Waals surface area contributed by atoms with E-state index in [0.717, 1.165) is 44.1 Å². The van der Waals surface area contributed by atoms with E-state index < -0.39 is 0 Å². The molecule has 0 unspecified atom stereocenters. The monoisotopic (exact) mass is 310 g/mol. The summed E-state index contributed by atoms with van der Waals surface area (Å²) in [6.07, 6.45) is 1.48. The number of thiazole rings is 1. The van der Waals surface area contributed by atoms with E-state index in [1.54, 1.807) is 11.3 Å². The second kappa shape index (κ2) is 7.75. The molecule has 1 aromatic rings. The Bertz CT molecular complexity index is 472. The predicted octanol–water partition coefficient (Wildman–Crippen LogP) is 1.84. The highest BCUT2D eigenvalue weighted by Crippen LogP contribution is 2.19. The lowest BCUT2D eigenvalue weighted by Crippen LogP contribution is -2.40. The Morgan fingerprint density at radius 2 is 2.43 bits per heavy atom. The third-order valence-corrected chi connectivity index (χ3v) is 4.68. The Labute approximate surface area is 131 Å². The minimum Gasteiger partial charge on any atom is -0.391 e. The van der Waals surface area contributed by atoms with Gasteiger partial charge in [-0.05, 0) is 13.3 Å². The summed E-state index contributed by atoms with van der Waals surface area (Å²) >= 11 is 1.73. The molecular formula is C15H26N4OS. The predicted molar refractivity (Wildman–Crippen MR) is 88.1 cm³/mol. The summed E-state index contributed by atoms with van der Waals surface area (Å²) in [6.45, 7) is 9.54. The highest BCUT2D eigenvalue weighted by molar-refractivity contribution is 7.09. The van der Waals surface area contributed by atoms with Gasteiger partial charge in [0, 0.05) is 43.9 Å². The van der Waals surface area contributed by atoms with Crippen LogP contribution in [0.1, 0.15) is 43.8 Å². The lowest BCUT2D eigenvalue weighted by atomic mass is 10.2. The van der Waals surface area contributed by atoms with E-state index in [2.05, 4.69) is 46.3 Å². The molecule has 2 heterocycles. The molecule has 0 radical (unpaired) electrons. The smallest absolute Gasteiger partial charge is 0.194 e. The fourth-order valence-corrected chi connectivity index (χ4v) is 3.21. The van der Waals surface area contributed by atoms with Crippen LogP contribution in [0, 0.1) is 0 Å². The average Bonchev–Trinajstić information content (AvgIpc) is 3.07. The zero-order chi connectivity index (χ0) is 15.2. The highest BCUT2D eigenvalue weighted by atomic mass is 32.1. The standard InChI is InChI=1S/C15H26N4OS/c1-4-16-15(19-8-6-13(20)9-19)17-7-5-12-10-21-14(18-12)11(2)3/h10-11,13,20H,4-9H2,1-3H3,(H,16,17)/t13-/m1/s1. The molecule has 0 saturated carbocycles. The number of likely N-dealkylation sites (tertiary alicyclic amines) is 1. The van der Waals surface area contributed by atoms with Gasteiger partial charge in [0.05, 0.1) is 16.8 Å². The summed E-state index contributed by atoms with van der Waals surface area (Å²) < 4.78 is 0. The first-order valence-electron chi connectivity index (χ1n) is 7.75. The van der Waals surface area contributed by atoms with Gasteiger partial charge in [0.15, 0.2) is 5.96 Å². The molecule has 1 aliphatic heterocycles. The Balaban J connectivity index is 1.89. The average molecular weight is 310 g/mol. The topological polar surface area (TPSA) is 60.8 Å². The summed E-state index contributed by atoms with van der Waals surface area (Å²) in [5.74, 6) is 1.41. The van der Waals surface area contributed by atoms with Crippen molar-refractivity contribution >= 4 is 17.3 Å². The molecule has 2 N–H and O–H groups in total.